The Labute approximate surface area is 159 Å². The van der Waals surface area contributed by atoms with Crippen molar-refractivity contribution in [2.75, 3.05) is 18.0 Å². The van der Waals surface area contributed by atoms with Crippen LogP contribution in [0.5, 0.6) is 0 Å². The van der Waals surface area contributed by atoms with Crippen molar-refractivity contribution in [3.05, 3.63) is 30.3 Å². The molecule has 0 radical (unpaired) electrons. The Hall–Kier alpha value is -1.88. The second-order valence-corrected chi connectivity index (χ2v) is 6.50. The van der Waals surface area contributed by atoms with E-state index in [1.807, 2.05) is 76.8 Å². The van der Waals surface area contributed by atoms with Crippen molar-refractivity contribution >= 4 is 17.5 Å². The molecular formula is C21H36N2O3. The van der Waals surface area contributed by atoms with Gasteiger partial charge in [0.05, 0.1) is 12.2 Å². The van der Waals surface area contributed by atoms with Crippen LogP contribution in [0.15, 0.2) is 30.3 Å². The van der Waals surface area contributed by atoms with E-state index in [-0.39, 0.29) is 30.1 Å². The number of para-hydroxylation sites is 1. The van der Waals surface area contributed by atoms with Crippen LogP contribution >= 0.6 is 0 Å². The van der Waals surface area contributed by atoms with Gasteiger partial charge in [-0.3, -0.25) is 9.59 Å². The lowest BCUT2D eigenvalue weighted by molar-refractivity contribution is -0.140. The van der Waals surface area contributed by atoms with E-state index in [0.717, 1.165) is 18.8 Å². The highest BCUT2D eigenvalue weighted by Gasteiger charge is 2.23. The number of hydrogen-bond acceptors (Lipinski definition) is 3. The minimum Gasteiger partial charge on any atom is -0.372 e. The summed E-state index contributed by atoms with van der Waals surface area (Å²) in [6, 6.07) is 9.92. The fourth-order valence-electron chi connectivity index (χ4n) is 2.87. The van der Waals surface area contributed by atoms with Gasteiger partial charge < -0.3 is 14.5 Å². The third-order valence-corrected chi connectivity index (χ3v) is 3.75. The number of nitrogens with zero attached hydrogens (tertiary/aromatic N) is 2. The average molecular weight is 365 g/mol. The molecule has 2 rings (SSSR count). The van der Waals surface area contributed by atoms with Crippen LogP contribution in [-0.2, 0) is 14.3 Å². The van der Waals surface area contributed by atoms with Gasteiger partial charge in [-0.25, -0.2) is 0 Å². The van der Waals surface area contributed by atoms with Gasteiger partial charge in [0.15, 0.2) is 0 Å². The molecule has 1 aliphatic heterocycles. The van der Waals surface area contributed by atoms with Gasteiger partial charge in [-0.2, -0.15) is 0 Å². The van der Waals surface area contributed by atoms with E-state index in [4.69, 9.17) is 4.74 Å². The van der Waals surface area contributed by atoms with E-state index in [2.05, 4.69) is 0 Å². The molecule has 2 atom stereocenters. The highest BCUT2D eigenvalue weighted by molar-refractivity contribution is 5.91. The second kappa shape index (κ2) is 12.5. The van der Waals surface area contributed by atoms with E-state index < -0.39 is 0 Å². The fraction of sp³-hybridized carbons (Fsp3) is 0.619. The standard InChI is InChI=1S/C11H15NO.C8H15NO2.C2H6/c1-9(2)12(10(3)13)11-7-5-4-6-8-11;1-6-4-9(8(3)10)5-7(2)11-6;1-2/h4-9H,1-3H3;6-7H,4-5H2,1-3H3;1-2H3. The van der Waals surface area contributed by atoms with Crippen molar-refractivity contribution in [3.8, 4) is 0 Å². The lowest BCUT2D eigenvalue weighted by Gasteiger charge is -2.34. The molecular weight excluding hydrogens is 328 g/mol. The van der Waals surface area contributed by atoms with Crippen LogP contribution in [-0.4, -0.2) is 48.1 Å². The SMILES string of the molecule is CC.CC(=O)N(c1ccccc1)C(C)C.CC(=O)N1CC(C)OC(C)C1. The van der Waals surface area contributed by atoms with Gasteiger partial charge in [0.25, 0.3) is 0 Å². The number of rotatable bonds is 2. The molecule has 1 heterocycles. The van der Waals surface area contributed by atoms with Crippen molar-refractivity contribution in [2.24, 2.45) is 0 Å². The fourth-order valence-corrected chi connectivity index (χ4v) is 2.87. The highest BCUT2D eigenvalue weighted by Crippen LogP contribution is 2.16. The van der Waals surface area contributed by atoms with E-state index in [1.165, 1.54) is 0 Å². The monoisotopic (exact) mass is 364 g/mol. The summed E-state index contributed by atoms with van der Waals surface area (Å²) >= 11 is 0. The Balaban J connectivity index is 0.000000444. The molecule has 0 saturated carbocycles. The van der Waals surface area contributed by atoms with E-state index >= 15 is 0 Å². The number of carbonyl (C=O) groups excluding carboxylic acids is 2. The number of carbonyl (C=O) groups is 2. The van der Waals surface area contributed by atoms with Gasteiger partial charge in [-0.05, 0) is 39.8 Å². The Morgan fingerprint density at radius 2 is 1.50 bits per heavy atom. The summed E-state index contributed by atoms with van der Waals surface area (Å²) in [6.07, 6.45) is 0.366. The highest BCUT2D eigenvalue weighted by atomic mass is 16.5. The molecule has 5 heteroatoms. The molecule has 1 aromatic rings. The molecule has 148 valence electrons. The molecule has 0 aliphatic carbocycles. The first-order valence-electron chi connectivity index (χ1n) is 9.48. The van der Waals surface area contributed by atoms with Crippen LogP contribution in [0.25, 0.3) is 0 Å². The van der Waals surface area contributed by atoms with Crippen LogP contribution in [0.2, 0.25) is 0 Å². The van der Waals surface area contributed by atoms with Crippen molar-refractivity contribution in [1.29, 1.82) is 0 Å². The maximum Gasteiger partial charge on any atom is 0.224 e. The van der Waals surface area contributed by atoms with Crippen LogP contribution in [0.4, 0.5) is 5.69 Å². The normalized spacial score (nSPS) is 18.9. The number of benzene rings is 1. The van der Waals surface area contributed by atoms with Gasteiger partial charge in [0.2, 0.25) is 11.8 Å². The Bertz CT molecular complexity index is 521. The minimum atomic E-state index is 0.0844. The molecule has 1 aliphatic rings. The molecule has 26 heavy (non-hydrogen) atoms. The lowest BCUT2D eigenvalue weighted by Crippen LogP contribution is -2.47. The summed E-state index contributed by atoms with van der Waals surface area (Å²) in [5.74, 6) is 0.230. The van der Waals surface area contributed by atoms with E-state index in [0.29, 0.717) is 0 Å². The molecule has 1 fully saturated rings. The molecule has 0 bridgehead atoms. The second-order valence-electron chi connectivity index (χ2n) is 6.50. The van der Waals surface area contributed by atoms with Gasteiger partial charge >= 0.3 is 0 Å². The summed E-state index contributed by atoms with van der Waals surface area (Å²) in [6.45, 7) is 16.7. The van der Waals surface area contributed by atoms with Crippen molar-refractivity contribution < 1.29 is 14.3 Å². The average Bonchev–Trinajstić information content (AvgIpc) is 2.56. The molecule has 1 aromatic carbocycles. The number of hydrogen-bond donors (Lipinski definition) is 0. The number of morpholine rings is 1. The maximum atomic E-state index is 11.3. The van der Waals surface area contributed by atoms with Crippen LogP contribution in [0, 0.1) is 0 Å². The van der Waals surface area contributed by atoms with Crippen molar-refractivity contribution in [2.45, 2.75) is 73.6 Å². The topological polar surface area (TPSA) is 49.9 Å². The predicted octanol–water partition coefficient (Wildman–Crippen LogP) is 4.12. The number of amides is 2. The van der Waals surface area contributed by atoms with Gasteiger partial charge in [-0.15, -0.1) is 0 Å². The molecule has 2 amide bonds. The summed E-state index contributed by atoms with van der Waals surface area (Å²) in [5.41, 5.74) is 0.963. The quantitative estimate of drug-likeness (QED) is 0.793. The molecule has 5 nitrogen and oxygen atoms in total. The third kappa shape index (κ3) is 8.48. The lowest BCUT2D eigenvalue weighted by atomic mass is 10.2. The van der Waals surface area contributed by atoms with Crippen molar-refractivity contribution in [3.63, 3.8) is 0 Å². The Kier molecular flexibility index (Phi) is 11.6. The molecule has 0 spiro atoms. The van der Waals surface area contributed by atoms with E-state index in [9.17, 15) is 9.59 Å². The number of anilines is 1. The van der Waals surface area contributed by atoms with Crippen molar-refractivity contribution in [1.82, 2.24) is 4.90 Å². The summed E-state index contributed by atoms with van der Waals surface area (Å²) < 4.78 is 5.47. The molecule has 2 unspecified atom stereocenters. The molecule has 1 saturated heterocycles. The number of ether oxygens (including phenoxy) is 1. The molecule has 0 aromatic heterocycles. The van der Waals surface area contributed by atoms with Crippen LogP contribution in [0.1, 0.15) is 55.4 Å². The zero-order valence-electron chi connectivity index (χ0n) is 17.7. The smallest absolute Gasteiger partial charge is 0.224 e. The minimum absolute atomic E-state index is 0.0844. The van der Waals surface area contributed by atoms with Crippen LogP contribution < -0.4 is 4.90 Å². The third-order valence-electron chi connectivity index (χ3n) is 3.75. The summed E-state index contributed by atoms with van der Waals surface area (Å²) in [4.78, 5) is 25.9. The van der Waals surface area contributed by atoms with Gasteiger partial charge in [0.1, 0.15) is 0 Å². The molecule has 0 N–H and O–H groups in total. The largest absolute Gasteiger partial charge is 0.372 e. The predicted molar refractivity (Wildman–Crippen MR) is 108 cm³/mol. The maximum absolute atomic E-state index is 11.3. The zero-order valence-corrected chi connectivity index (χ0v) is 17.7. The first-order chi connectivity index (χ1) is 12.2. The Morgan fingerprint density at radius 1 is 1.04 bits per heavy atom. The summed E-state index contributed by atoms with van der Waals surface area (Å²) in [7, 11) is 0. The van der Waals surface area contributed by atoms with Gasteiger partial charge in [-0.1, -0.05) is 32.0 Å². The van der Waals surface area contributed by atoms with Crippen LogP contribution in [0.3, 0.4) is 0 Å². The summed E-state index contributed by atoms with van der Waals surface area (Å²) in [5, 5.41) is 0. The Morgan fingerprint density at radius 3 is 1.85 bits per heavy atom. The first-order valence-corrected chi connectivity index (χ1v) is 9.48. The van der Waals surface area contributed by atoms with Gasteiger partial charge in [0, 0.05) is 38.7 Å². The zero-order chi connectivity index (χ0) is 20.3. The first kappa shape index (κ1) is 24.1. The van der Waals surface area contributed by atoms with E-state index in [1.54, 1.807) is 18.7 Å².